The number of amides is 1. The summed E-state index contributed by atoms with van der Waals surface area (Å²) in [6.07, 6.45) is -2.52. The van der Waals surface area contributed by atoms with Gasteiger partial charge < -0.3 is 14.8 Å². The second-order valence-electron chi connectivity index (χ2n) is 7.09. The molecule has 3 rings (SSSR count). The van der Waals surface area contributed by atoms with Crippen molar-refractivity contribution in [3.8, 4) is 0 Å². The molecule has 1 N–H and O–H groups in total. The first-order valence-electron chi connectivity index (χ1n) is 9.60. The van der Waals surface area contributed by atoms with Crippen LogP contribution in [0.5, 0.6) is 0 Å². The molecule has 1 amide bonds. The Bertz CT molecular complexity index is 817. The monoisotopic (exact) mass is 407 g/mol. The van der Waals surface area contributed by atoms with Crippen molar-refractivity contribution in [3.63, 3.8) is 0 Å². The van der Waals surface area contributed by atoms with Crippen LogP contribution in [0.15, 0.2) is 48.5 Å². The number of halogens is 3. The number of rotatable bonds is 7. The summed E-state index contributed by atoms with van der Waals surface area (Å²) in [5, 5.41) is 2.76. The van der Waals surface area contributed by atoms with Crippen LogP contribution < -0.4 is 5.32 Å². The fraction of sp³-hybridized carbons (Fsp3) is 0.409. The highest BCUT2D eigenvalue weighted by atomic mass is 19.4. The summed E-state index contributed by atoms with van der Waals surface area (Å²) in [5.74, 6) is -0.326. The van der Waals surface area contributed by atoms with Gasteiger partial charge in [-0.25, -0.2) is 0 Å². The second-order valence-corrected chi connectivity index (χ2v) is 7.09. The minimum Gasteiger partial charge on any atom is -0.381 e. The number of ether oxygens (including phenoxy) is 2. The molecule has 0 unspecified atom stereocenters. The van der Waals surface area contributed by atoms with E-state index in [-0.39, 0.29) is 18.4 Å². The second kappa shape index (κ2) is 9.89. The zero-order valence-electron chi connectivity index (χ0n) is 16.0. The SMILES string of the molecule is O=C(Cc1cccc(C(F)(F)F)c1)NCc1cccc(COC2CCOCC2)c1. The molecule has 0 bridgehead atoms. The third-order valence-corrected chi connectivity index (χ3v) is 4.75. The fourth-order valence-electron chi connectivity index (χ4n) is 3.19. The highest BCUT2D eigenvalue weighted by molar-refractivity contribution is 5.78. The van der Waals surface area contributed by atoms with E-state index < -0.39 is 11.7 Å². The van der Waals surface area contributed by atoms with Crippen LogP contribution in [-0.2, 0) is 40.0 Å². The summed E-state index contributed by atoms with van der Waals surface area (Å²) >= 11 is 0. The standard InChI is InChI=1S/C22H24F3NO3/c23-22(24,25)19-6-2-3-16(12-19)13-21(27)26-14-17-4-1-5-18(11-17)15-29-20-7-9-28-10-8-20/h1-6,11-12,20H,7-10,13-15H2,(H,26,27). The lowest BCUT2D eigenvalue weighted by atomic mass is 10.1. The van der Waals surface area contributed by atoms with Gasteiger partial charge in [-0.05, 0) is 35.6 Å². The lowest BCUT2D eigenvalue weighted by molar-refractivity contribution is -0.137. The Morgan fingerprint density at radius 2 is 1.72 bits per heavy atom. The molecule has 0 spiro atoms. The number of alkyl halides is 3. The van der Waals surface area contributed by atoms with Crippen LogP contribution in [0.2, 0.25) is 0 Å². The van der Waals surface area contributed by atoms with Crippen molar-refractivity contribution in [1.82, 2.24) is 5.32 Å². The largest absolute Gasteiger partial charge is 0.416 e. The quantitative estimate of drug-likeness (QED) is 0.746. The summed E-state index contributed by atoms with van der Waals surface area (Å²) in [5.41, 5.74) is 1.51. The molecule has 29 heavy (non-hydrogen) atoms. The summed E-state index contributed by atoms with van der Waals surface area (Å²) in [7, 11) is 0. The molecule has 156 valence electrons. The van der Waals surface area contributed by atoms with Gasteiger partial charge in [0, 0.05) is 19.8 Å². The molecule has 2 aromatic rings. The summed E-state index contributed by atoms with van der Waals surface area (Å²) in [6, 6.07) is 12.6. The van der Waals surface area contributed by atoms with Crippen LogP contribution in [0.1, 0.15) is 35.1 Å². The van der Waals surface area contributed by atoms with Crippen LogP contribution in [0.25, 0.3) is 0 Å². The molecule has 1 saturated heterocycles. The Balaban J connectivity index is 1.48. The van der Waals surface area contributed by atoms with Crippen molar-refractivity contribution in [2.45, 2.75) is 44.7 Å². The van der Waals surface area contributed by atoms with Gasteiger partial charge in [-0.15, -0.1) is 0 Å². The summed E-state index contributed by atoms with van der Waals surface area (Å²) in [6.45, 7) is 2.25. The molecule has 1 heterocycles. The number of hydrogen-bond acceptors (Lipinski definition) is 3. The first-order chi connectivity index (χ1) is 13.9. The van der Waals surface area contributed by atoms with E-state index >= 15 is 0 Å². The molecular weight excluding hydrogens is 383 g/mol. The van der Waals surface area contributed by atoms with Crippen LogP contribution in [0.4, 0.5) is 13.2 Å². The highest BCUT2D eigenvalue weighted by Crippen LogP contribution is 2.29. The third kappa shape index (κ3) is 6.87. The van der Waals surface area contributed by atoms with Gasteiger partial charge in [0.15, 0.2) is 0 Å². The maximum Gasteiger partial charge on any atom is 0.416 e. The maximum atomic E-state index is 12.8. The lowest BCUT2D eigenvalue weighted by Gasteiger charge is -2.22. The van der Waals surface area contributed by atoms with Crippen LogP contribution in [0, 0.1) is 0 Å². The Morgan fingerprint density at radius 3 is 2.48 bits per heavy atom. The summed E-state index contributed by atoms with van der Waals surface area (Å²) in [4.78, 5) is 12.1. The van der Waals surface area contributed by atoms with E-state index in [0.29, 0.717) is 18.7 Å². The van der Waals surface area contributed by atoms with E-state index in [1.165, 1.54) is 12.1 Å². The summed E-state index contributed by atoms with van der Waals surface area (Å²) < 4.78 is 49.6. The van der Waals surface area contributed by atoms with Gasteiger partial charge in [-0.2, -0.15) is 13.2 Å². The minimum absolute atomic E-state index is 0.101. The van der Waals surface area contributed by atoms with Gasteiger partial charge >= 0.3 is 6.18 Å². The van der Waals surface area contributed by atoms with Crippen molar-refractivity contribution in [3.05, 3.63) is 70.8 Å². The smallest absolute Gasteiger partial charge is 0.381 e. The lowest BCUT2D eigenvalue weighted by Crippen LogP contribution is -2.25. The predicted molar refractivity (Wildman–Crippen MR) is 102 cm³/mol. The molecule has 0 aromatic heterocycles. The van der Waals surface area contributed by atoms with Crippen LogP contribution in [0.3, 0.4) is 0 Å². The number of benzene rings is 2. The molecule has 1 aliphatic rings. The van der Waals surface area contributed by atoms with Crippen LogP contribution in [-0.4, -0.2) is 25.2 Å². The molecule has 2 aromatic carbocycles. The average molecular weight is 407 g/mol. The molecule has 0 atom stereocenters. The number of nitrogens with one attached hydrogen (secondary N) is 1. The van der Waals surface area contributed by atoms with E-state index in [9.17, 15) is 18.0 Å². The molecule has 1 aliphatic heterocycles. The average Bonchev–Trinajstić information content (AvgIpc) is 2.71. The molecule has 4 nitrogen and oxygen atoms in total. The van der Waals surface area contributed by atoms with E-state index in [1.807, 2.05) is 24.3 Å². The Labute approximate surface area is 168 Å². The zero-order valence-corrected chi connectivity index (χ0v) is 16.0. The van der Waals surface area contributed by atoms with Gasteiger partial charge in [-0.1, -0.05) is 42.5 Å². The Kier molecular flexibility index (Phi) is 7.28. The number of carbonyl (C=O) groups excluding carboxylic acids is 1. The van der Waals surface area contributed by atoms with Gasteiger partial charge in [0.05, 0.1) is 24.7 Å². The maximum absolute atomic E-state index is 12.8. The van der Waals surface area contributed by atoms with E-state index in [0.717, 1.165) is 49.3 Å². The fourth-order valence-corrected chi connectivity index (χ4v) is 3.19. The Hall–Kier alpha value is -2.38. The van der Waals surface area contributed by atoms with Gasteiger partial charge in [-0.3, -0.25) is 4.79 Å². The van der Waals surface area contributed by atoms with E-state index in [1.54, 1.807) is 0 Å². The Morgan fingerprint density at radius 1 is 1.03 bits per heavy atom. The van der Waals surface area contributed by atoms with Crippen molar-refractivity contribution in [2.24, 2.45) is 0 Å². The van der Waals surface area contributed by atoms with Gasteiger partial charge in [0.2, 0.25) is 5.91 Å². The van der Waals surface area contributed by atoms with E-state index in [2.05, 4.69) is 5.32 Å². The first kappa shape index (κ1) is 21.3. The minimum atomic E-state index is -4.42. The van der Waals surface area contributed by atoms with Gasteiger partial charge in [0.25, 0.3) is 0 Å². The van der Waals surface area contributed by atoms with Gasteiger partial charge in [0.1, 0.15) is 0 Å². The molecule has 0 saturated carbocycles. The molecule has 1 fully saturated rings. The molecule has 0 aliphatic carbocycles. The highest BCUT2D eigenvalue weighted by Gasteiger charge is 2.30. The van der Waals surface area contributed by atoms with E-state index in [4.69, 9.17) is 9.47 Å². The number of hydrogen-bond donors (Lipinski definition) is 1. The number of carbonyl (C=O) groups is 1. The van der Waals surface area contributed by atoms with Crippen LogP contribution >= 0.6 is 0 Å². The molecular formula is C22H24F3NO3. The van der Waals surface area contributed by atoms with Crippen molar-refractivity contribution < 1.29 is 27.4 Å². The normalized spacial score (nSPS) is 15.3. The topological polar surface area (TPSA) is 47.6 Å². The van der Waals surface area contributed by atoms with Crippen molar-refractivity contribution in [2.75, 3.05) is 13.2 Å². The molecule has 0 radical (unpaired) electrons. The molecule has 7 heteroatoms. The van der Waals surface area contributed by atoms with Crippen molar-refractivity contribution in [1.29, 1.82) is 0 Å². The first-order valence-corrected chi connectivity index (χ1v) is 9.60. The van der Waals surface area contributed by atoms with Crippen molar-refractivity contribution >= 4 is 5.91 Å². The third-order valence-electron chi connectivity index (χ3n) is 4.75. The zero-order chi connectivity index (χ0) is 20.7. The predicted octanol–water partition coefficient (Wildman–Crippen LogP) is 4.26.